The maximum Gasteiger partial charge on any atom is 0.159 e. The van der Waals surface area contributed by atoms with Crippen molar-refractivity contribution in [1.29, 1.82) is 0 Å². The number of allylic oxidation sites excluding steroid dienone is 1. The molecule has 0 spiro atoms. The lowest BCUT2D eigenvalue weighted by atomic mass is 9.91. The molecule has 0 atom stereocenters. The summed E-state index contributed by atoms with van der Waals surface area (Å²) in [6.45, 7) is 10.8. The number of imidazole rings is 1. The molecular formula is C30H28N8. The van der Waals surface area contributed by atoms with Crippen molar-refractivity contribution in [3.8, 4) is 33.8 Å². The van der Waals surface area contributed by atoms with Crippen LogP contribution in [0.2, 0.25) is 0 Å². The molecule has 0 unspecified atom stereocenters. The number of aromatic nitrogens is 7. The highest BCUT2D eigenvalue weighted by molar-refractivity contribution is 5.98. The molecule has 1 aromatic carbocycles. The standard InChI is InChI=1S/C30H28N8/c1-18(12-30(2,3)4)34-22-10-21(14-32-15-22)19-7-8-25-23(11-19)28(38-37-25)29-35-26-17-33-16-24(27(26)36-29)20-6-5-9-31-13-20/h5-11,13-17,34H,1,12H2,2-4H3,(H,35,36)(H,37,38). The Morgan fingerprint density at radius 2 is 1.74 bits per heavy atom. The minimum atomic E-state index is 0.156. The third-order valence-corrected chi connectivity index (χ3v) is 6.29. The second kappa shape index (κ2) is 9.23. The van der Waals surface area contributed by atoms with Gasteiger partial charge in [0.15, 0.2) is 5.82 Å². The van der Waals surface area contributed by atoms with Crippen molar-refractivity contribution in [2.75, 3.05) is 5.32 Å². The van der Waals surface area contributed by atoms with Crippen LogP contribution in [0.15, 0.2) is 85.9 Å². The van der Waals surface area contributed by atoms with Gasteiger partial charge in [-0.05, 0) is 41.7 Å². The van der Waals surface area contributed by atoms with E-state index in [0.717, 1.165) is 67.7 Å². The van der Waals surface area contributed by atoms with E-state index < -0.39 is 0 Å². The minimum absolute atomic E-state index is 0.156. The molecule has 0 bridgehead atoms. The first-order valence-electron chi connectivity index (χ1n) is 12.5. The summed E-state index contributed by atoms with van der Waals surface area (Å²) in [5.41, 5.74) is 9.29. The summed E-state index contributed by atoms with van der Waals surface area (Å²) in [5.74, 6) is 0.675. The summed E-state index contributed by atoms with van der Waals surface area (Å²) in [6, 6.07) is 12.2. The number of aromatic amines is 2. The zero-order chi connectivity index (χ0) is 26.3. The molecule has 0 aliphatic heterocycles. The maximum absolute atomic E-state index is 4.92. The highest BCUT2D eigenvalue weighted by atomic mass is 15.1. The zero-order valence-electron chi connectivity index (χ0n) is 21.6. The predicted octanol–water partition coefficient (Wildman–Crippen LogP) is 6.99. The molecule has 0 radical (unpaired) electrons. The van der Waals surface area contributed by atoms with Crippen LogP contribution in [-0.4, -0.2) is 35.1 Å². The Bertz CT molecular complexity index is 1770. The quantitative estimate of drug-likeness (QED) is 0.227. The molecule has 0 aliphatic carbocycles. The van der Waals surface area contributed by atoms with Crippen LogP contribution < -0.4 is 5.32 Å². The van der Waals surface area contributed by atoms with E-state index in [2.05, 4.69) is 81.0 Å². The van der Waals surface area contributed by atoms with Crippen LogP contribution in [0.4, 0.5) is 5.69 Å². The van der Waals surface area contributed by atoms with Gasteiger partial charge < -0.3 is 10.3 Å². The van der Waals surface area contributed by atoms with Crippen molar-refractivity contribution in [2.24, 2.45) is 5.41 Å². The first-order chi connectivity index (χ1) is 18.3. The van der Waals surface area contributed by atoms with Gasteiger partial charge in [0.25, 0.3) is 0 Å². The molecule has 38 heavy (non-hydrogen) atoms. The number of anilines is 1. The van der Waals surface area contributed by atoms with Gasteiger partial charge in [0.1, 0.15) is 11.2 Å². The normalized spacial score (nSPS) is 11.8. The number of pyridine rings is 3. The van der Waals surface area contributed by atoms with Gasteiger partial charge >= 0.3 is 0 Å². The van der Waals surface area contributed by atoms with Gasteiger partial charge in [-0.1, -0.05) is 39.5 Å². The lowest BCUT2D eigenvalue weighted by Crippen LogP contribution is -2.10. The minimum Gasteiger partial charge on any atom is -0.358 e. The molecule has 5 heterocycles. The summed E-state index contributed by atoms with van der Waals surface area (Å²) in [6.07, 6.45) is 11.7. The summed E-state index contributed by atoms with van der Waals surface area (Å²) >= 11 is 0. The Morgan fingerprint density at radius 1 is 0.895 bits per heavy atom. The van der Waals surface area contributed by atoms with Crippen molar-refractivity contribution in [3.05, 3.63) is 85.9 Å². The summed E-state index contributed by atoms with van der Waals surface area (Å²) in [4.78, 5) is 21.4. The second-order valence-electron chi connectivity index (χ2n) is 10.7. The first kappa shape index (κ1) is 23.5. The van der Waals surface area contributed by atoms with Crippen LogP contribution in [0.1, 0.15) is 27.2 Å². The van der Waals surface area contributed by atoms with E-state index in [0.29, 0.717) is 5.82 Å². The number of benzene rings is 1. The lowest BCUT2D eigenvalue weighted by Gasteiger charge is -2.20. The summed E-state index contributed by atoms with van der Waals surface area (Å²) < 4.78 is 0. The van der Waals surface area contributed by atoms with Gasteiger partial charge in [-0.15, -0.1) is 0 Å². The van der Waals surface area contributed by atoms with E-state index in [4.69, 9.17) is 4.98 Å². The highest BCUT2D eigenvalue weighted by Gasteiger charge is 2.17. The molecule has 188 valence electrons. The molecule has 0 fully saturated rings. The average molecular weight is 501 g/mol. The molecule has 8 nitrogen and oxygen atoms in total. The van der Waals surface area contributed by atoms with Gasteiger partial charge in [-0.2, -0.15) is 5.10 Å². The van der Waals surface area contributed by atoms with E-state index in [9.17, 15) is 0 Å². The molecule has 8 heteroatoms. The van der Waals surface area contributed by atoms with Gasteiger partial charge in [0, 0.05) is 52.6 Å². The van der Waals surface area contributed by atoms with E-state index >= 15 is 0 Å². The molecule has 3 N–H and O–H groups in total. The Balaban J connectivity index is 1.36. The fraction of sp³-hybridized carbons (Fsp3) is 0.167. The Kier molecular flexibility index (Phi) is 5.72. The van der Waals surface area contributed by atoms with Crippen molar-refractivity contribution >= 4 is 27.6 Å². The van der Waals surface area contributed by atoms with E-state index in [1.54, 1.807) is 12.4 Å². The predicted molar refractivity (Wildman–Crippen MR) is 152 cm³/mol. The van der Waals surface area contributed by atoms with Crippen molar-refractivity contribution in [1.82, 2.24) is 35.1 Å². The van der Waals surface area contributed by atoms with Gasteiger partial charge in [0.2, 0.25) is 0 Å². The maximum atomic E-state index is 4.92. The van der Waals surface area contributed by atoms with E-state index in [1.807, 2.05) is 43.0 Å². The molecular weight excluding hydrogens is 472 g/mol. The Hall–Kier alpha value is -4.85. The van der Waals surface area contributed by atoms with Gasteiger partial charge in [-0.3, -0.25) is 20.1 Å². The lowest BCUT2D eigenvalue weighted by molar-refractivity contribution is 0.411. The van der Waals surface area contributed by atoms with Crippen LogP contribution in [0, 0.1) is 5.41 Å². The van der Waals surface area contributed by atoms with Crippen molar-refractivity contribution in [2.45, 2.75) is 27.2 Å². The Morgan fingerprint density at radius 3 is 2.55 bits per heavy atom. The zero-order valence-corrected chi connectivity index (χ0v) is 21.6. The third-order valence-electron chi connectivity index (χ3n) is 6.29. The van der Waals surface area contributed by atoms with Crippen LogP contribution in [-0.2, 0) is 0 Å². The van der Waals surface area contributed by atoms with Crippen LogP contribution in [0.25, 0.3) is 55.7 Å². The topological polar surface area (TPSA) is 108 Å². The second-order valence-corrected chi connectivity index (χ2v) is 10.7. The summed E-state index contributed by atoms with van der Waals surface area (Å²) in [5, 5.41) is 12.1. The van der Waals surface area contributed by atoms with Crippen molar-refractivity contribution in [3.63, 3.8) is 0 Å². The van der Waals surface area contributed by atoms with E-state index in [-0.39, 0.29) is 5.41 Å². The number of hydrogen-bond donors (Lipinski definition) is 3. The largest absolute Gasteiger partial charge is 0.358 e. The highest BCUT2D eigenvalue weighted by Crippen LogP contribution is 2.33. The van der Waals surface area contributed by atoms with Crippen molar-refractivity contribution < 1.29 is 0 Å². The number of nitrogens with zero attached hydrogens (tertiary/aromatic N) is 5. The number of nitrogens with one attached hydrogen (secondary N) is 3. The van der Waals surface area contributed by atoms with E-state index in [1.165, 1.54) is 0 Å². The average Bonchev–Trinajstić information content (AvgIpc) is 3.51. The third kappa shape index (κ3) is 4.64. The van der Waals surface area contributed by atoms with Gasteiger partial charge in [-0.25, -0.2) is 4.98 Å². The van der Waals surface area contributed by atoms with Crippen LogP contribution in [0.3, 0.4) is 0 Å². The van der Waals surface area contributed by atoms with Gasteiger partial charge in [0.05, 0.1) is 29.1 Å². The van der Waals surface area contributed by atoms with Crippen LogP contribution in [0.5, 0.6) is 0 Å². The number of fused-ring (bicyclic) bond motifs is 2. The molecule has 0 saturated carbocycles. The Labute approximate surface area is 220 Å². The fourth-order valence-electron chi connectivity index (χ4n) is 4.71. The van der Waals surface area contributed by atoms with Crippen LogP contribution >= 0.6 is 0 Å². The number of hydrogen-bond acceptors (Lipinski definition) is 6. The molecule has 0 saturated heterocycles. The first-order valence-corrected chi connectivity index (χ1v) is 12.5. The molecule has 0 amide bonds. The SMILES string of the molecule is C=C(CC(C)(C)C)Nc1cncc(-c2ccc3[nH]nc(-c4nc5c(-c6cccnc6)cncc5[nH]4)c3c2)c1. The monoisotopic (exact) mass is 500 g/mol. The number of rotatable bonds is 6. The molecule has 5 aromatic heterocycles. The summed E-state index contributed by atoms with van der Waals surface area (Å²) in [7, 11) is 0. The fourth-order valence-corrected chi connectivity index (χ4v) is 4.71. The smallest absolute Gasteiger partial charge is 0.159 e. The molecule has 0 aliphatic rings. The molecule has 6 rings (SSSR count). The number of H-pyrrole nitrogens is 2. The molecule has 6 aromatic rings.